The number of aromatic nitrogens is 2. The molecule has 0 spiro atoms. The zero-order valence-electron chi connectivity index (χ0n) is 10.8. The minimum Gasteiger partial charge on any atom is -0.420 e. The third kappa shape index (κ3) is 2.69. The predicted octanol–water partition coefficient (Wildman–Crippen LogP) is 4.79. The monoisotopic (exact) mass is 310 g/mol. The van der Waals surface area contributed by atoms with Crippen LogP contribution in [0, 0.1) is 6.92 Å². The van der Waals surface area contributed by atoms with Crippen molar-refractivity contribution in [2.45, 2.75) is 13.1 Å². The first-order valence-electron chi connectivity index (χ1n) is 6.02. The Morgan fingerprint density at radius 3 is 2.38 bits per heavy atom. The van der Waals surface area contributed by atoms with Gasteiger partial charge in [0.15, 0.2) is 0 Å². The second-order valence-corrected chi connectivity index (χ2v) is 5.40. The van der Waals surface area contributed by atoms with Crippen molar-refractivity contribution in [1.29, 1.82) is 0 Å². The zero-order chi connectivity index (χ0) is 15.0. The van der Waals surface area contributed by atoms with Crippen LogP contribution in [-0.4, -0.2) is 10.2 Å². The van der Waals surface area contributed by atoms with Crippen LogP contribution in [0.3, 0.4) is 0 Å². The SMILES string of the molecule is Cc1nnc(-c2cc(-c3ccccc3)c(C(F)(F)F)s2)o1. The molecule has 21 heavy (non-hydrogen) atoms. The lowest BCUT2D eigenvalue weighted by atomic mass is 10.1. The second-order valence-electron chi connectivity index (χ2n) is 4.34. The minimum absolute atomic E-state index is 0.102. The van der Waals surface area contributed by atoms with Gasteiger partial charge in [0.1, 0.15) is 4.88 Å². The molecule has 3 aromatic rings. The fourth-order valence-corrected chi connectivity index (χ4v) is 2.90. The van der Waals surface area contributed by atoms with E-state index >= 15 is 0 Å². The van der Waals surface area contributed by atoms with Crippen molar-refractivity contribution in [3.63, 3.8) is 0 Å². The van der Waals surface area contributed by atoms with Crippen LogP contribution in [0.25, 0.3) is 21.9 Å². The van der Waals surface area contributed by atoms with Gasteiger partial charge in [-0.3, -0.25) is 0 Å². The van der Waals surface area contributed by atoms with E-state index in [4.69, 9.17) is 4.42 Å². The lowest BCUT2D eigenvalue weighted by Crippen LogP contribution is -2.03. The highest BCUT2D eigenvalue weighted by Gasteiger charge is 2.37. The molecular formula is C14H9F3N2OS. The number of alkyl halides is 3. The third-order valence-corrected chi connectivity index (χ3v) is 3.98. The maximum Gasteiger partial charge on any atom is 0.426 e. The Bertz CT molecular complexity index is 762. The molecule has 0 aliphatic heterocycles. The molecule has 0 atom stereocenters. The van der Waals surface area contributed by atoms with Crippen LogP contribution in [0.4, 0.5) is 13.2 Å². The molecule has 7 heteroatoms. The Balaban J connectivity index is 2.17. The number of nitrogens with zero attached hydrogens (tertiary/aromatic N) is 2. The first kappa shape index (κ1) is 13.8. The summed E-state index contributed by atoms with van der Waals surface area (Å²) in [7, 11) is 0. The minimum atomic E-state index is -4.43. The highest BCUT2D eigenvalue weighted by atomic mass is 32.1. The summed E-state index contributed by atoms with van der Waals surface area (Å²) in [6.07, 6.45) is -4.43. The van der Waals surface area contributed by atoms with Crippen molar-refractivity contribution >= 4 is 11.3 Å². The van der Waals surface area contributed by atoms with Gasteiger partial charge in [-0.25, -0.2) is 0 Å². The van der Waals surface area contributed by atoms with Crippen LogP contribution in [0.5, 0.6) is 0 Å². The van der Waals surface area contributed by atoms with Crippen molar-refractivity contribution < 1.29 is 17.6 Å². The first-order chi connectivity index (χ1) is 9.95. The Kier molecular flexibility index (Phi) is 3.29. The molecule has 0 amide bonds. The largest absolute Gasteiger partial charge is 0.426 e. The summed E-state index contributed by atoms with van der Waals surface area (Å²) in [6.45, 7) is 1.59. The molecule has 3 nitrogen and oxygen atoms in total. The van der Waals surface area contributed by atoms with Gasteiger partial charge in [-0.05, 0) is 11.6 Å². The van der Waals surface area contributed by atoms with Gasteiger partial charge in [0.05, 0.1) is 4.88 Å². The van der Waals surface area contributed by atoms with Gasteiger partial charge in [-0.1, -0.05) is 30.3 Å². The van der Waals surface area contributed by atoms with E-state index in [1.807, 2.05) is 0 Å². The van der Waals surface area contributed by atoms with Crippen molar-refractivity contribution in [1.82, 2.24) is 10.2 Å². The highest BCUT2D eigenvalue weighted by Crippen LogP contribution is 2.45. The zero-order valence-corrected chi connectivity index (χ0v) is 11.6. The number of aryl methyl sites for hydroxylation is 1. The quantitative estimate of drug-likeness (QED) is 0.683. The van der Waals surface area contributed by atoms with Crippen LogP contribution in [-0.2, 0) is 6.18 Å². The number of hydrogen-bond acceptors (Lipinski definition) is 4. The highest BCUT2D eigenvalue weighted by molar-refractivity contribution is 7.16. The van der Waals surface area contributed by atoms with E-state index in [0.717, 1.165) is 0 Å². The summed E-state index contributed by atoms with van der Waals surface area (Å²) < 4.78 is 44.8. The molecule has 1 aromatic carbocycles. The van der Waals surface area contributed by atoms with E-state index in [0.29, 0.717) is 27.7 Å². The van der Waals surface area contributed by atoms with Gasteiger partial charge in [-0.2, -0.15) is 13.2 Å². The van der Waals surface area contributed by atoms with Gasteiger partial charge < -0.3 is 4.42 Å². The number of hydrogen-bond donors (Lipinski definition) is 0. The molecule has 2 heterocycles. The van der Waals surface area contributed by atoms with Crippen molar-refractivity contribution in [3.05, 3.63) is 47.2 Å². The molecule has 0 unspecified atom stereocenters. The molecule has 0 aliphatic rings. The van der Waals surface area contributed by atoms with Crippen LogP contribution < -0.4 is 0 Å². The predicted molar refractivity (Wildman–Crippen MR) is 72.8 cm³/mol. The lowest BCUT2D eigenvalue weighted by Gasteiger charge is -2.07. The van der Waals surface area contributed by atoms with E-state index in [-0.39, 0.29) is 11.5 Å². The molecule has 108 valence electrons. The van der Waals surface area contributed by atoms with E-state index in [1.54, 1.807) is 37.3 Å². The van der Waals surface area contributed by atoms with Crippen LogP contribution >= 0.6 is 11.3 Å². The van der Waals surface area contributed by atoms with Gasteiger partial charge in [-0.15, -0.1) is 21.5 Å². The van der Waals surface area contributed by atoms with Crippen molar-refractivity contribution in [2.24, 2.45) is 0 Å². The van der Waals surface area contributed by atoms with E-state index in [9.17, 15) is 13.2 Å². The van der Waals surface area contributed by atoms with Crippen LogP contribution in [0.1, 0.15) is 10.8 Å². The molecule has 0 aliphatic carbocycles. The smallest absolute Gasteiger partial charge is 0.420 e. The second kappa shape index (κ2) is 5.00. The van der Waals surface area contributed by atoms with Crippen molar-refractivity contribution in [3.8, 4) is 21.9 Å². The first-order valence-corrected chi connectivity index (χ1v) is 6.84. The molecular weight excluding hydrogens is 301 g/mol. The van der Waals surface area contributed by atoms with Crippen LogP contribution in [0.15, 0.2) is 40.8 Å². The molecule has 0 N–H and O–H groups in total. The average molecular weight is 310 g/mol. The summed E-state index contributed by atoms with van der Waals surface area (Å²) in [5.41, 5.74) is 0.627. The molecule has 0 fully saturated rings. The standard InChI is InChI=1S/C14H9F3N2OS/c1-8-18-19-13(20-8)11-7-10(9-5-3-2-4-6-9)12(21-11)14(15,16)17/h2-7H,1H3. The number of halogens is 3. The molecule has 0 saturated carbocycles. The average Bonchev–Trinajstić information content (AvgIpc) is 3.05. The Morgan fingerprint density at radius 1 is 1.10 bits per heavy atom. The Morgan fingerprint density at radius 2 is 1.81 bits per heavy atom. The normalized spacial score (nSPS) is 11.8. The van der Waals surface area contributed by atoms with Gasteiger partial charge >= 0.3 is 6.18 Å². The molecule has 0 bridgehead atoms. The summed E-state index contributed by atoms with van der Waals surface area (Å²) in [4.78, 5) is -0.360. The number of benzene rings is 1. The van der Waals surface area contributed by atoms with E-state index in [2.05, 4.69) is 10.2 Å². The Labute approximate surface area is 122 Å². The summed E-state index contributed by atoms with van der Waals surface area (Å²) in [5.74, 6) is 0.415. The van der Waals surface area contributed by atoms with Crippen LogP contribution in [0.2, 0.25) is 0 Å². The third-order valence-electron chi connectivity index (χ3n) is 2.81. The topological polar surface area (TPSA) is 38.9 Å². The molecule has 3 rings (SSSR count). The molecule has 0 saturated heterocycles. The summed E-state index contributed by atoms with van der Waals surface area (Å²) >= 11 is 0.606. The maximum atomic E-state index is 13.2. The van der Waals surface area contributed by atoms with Gasteiger partial charge in [0.25, 0.3) is 5.89 Å². The maximum absolute atomic E-state index is 13.2. The van der Waals surface area contributed by atoms with E-state index < -0.39 is 11.1 Å². The van der Waals surface area contributed by atoms with Gasteiger partial charge in [0.2, 0.25) is 5.89 Å². The summed E-state index contributed by atoms with van der Waals surface area (Å²) in [5, 5.41) is 7.42. The number of thiophene rings is 1. The summed E-state index contributed by atoms with van der Waals surface area (Å²) in [6, 6.07) is 9.87. The van der Waals surface area contributed by atoms with Crippen molar-refractivity contribution in [2.75, 3.05) is 0 Å². The number of rotatable bonds is 2. The fraction of sp³-hybridized carbons (Fsp3) is 0.143. The van der Waals surface area contributed by atoms with E-state index in [1.165, 1.54) is 6.07 Å². The van der Waals surface area contributed by atoms with Gasteiger partial charge in [0, 0.05) is 12.5 Å². The molecule has 2 aromatic heterocycles. The lowest BCUT2D eigenvalue weighted by molar-refractivity contribution is -0.133. The Hall–Kier alpha value is -2.15. The molecule has 0 radical (unpaired) electrons. The fourth-order valence-electron chi connectivity index (χ4n) is 1.94.